The van der Waals surface area contributed by atoms with E-state index in [9.17, 15) is 0 Å². The van der Waals surface area contributed by atoms with Gasteiger partial charge in [0.15, 0.2) is 0 Å². The number of hydrogen-bond acceptors (Lipinski definition) is 2. The van der Waals surface area contributed by atoms with Crippen LogP contribution in [0.15, 0.2) is 18.2 Å². The first-order chi connectivity index (χ1) is 9.29. The Balaban J connectivity index is 1.74. The van der Waals surface area contributed by atoms with Crippen LogP contribution in [0.2, 0.25) is 5.02 Å². The summed E-state index contributed by atoms with van der Waals surface area (Å²) in [7, 11) is 1.70. The molecule has 19 heavy (non-hydrogen) atoms. The number of nitrogens with one attached hydrogen (secondary N) is 1. The van der Waals surface area contributed by atoms with Gasteiger partial charge in [0.05, 0.1) is 20.3 Å². The maximum atomic E-state index is 6.02. The number of hydrogen-bond donors (Lipinski definition) is 2. The summed E-state index contributed by atoms with van der Waals surface area (Å²) >= 11 is 6.02. The van der Waals surface area contributed by atoms with Crippen LogP contribution in [-0.2, 0) is 11.3 Å². The fourth-order valence-electron chi connectivity index (χ4n) is 2.38. The van der Waals surface area contributed by atoms with Crippen molar-refractivity contribution in [2.75, 3.05) is 46.5 Å². The summed E-state index contributed by atoms with van der Waals surface area (Å²) in [5, 5.41) is 3.08. The first-order valence-corrected chi connectivity index (χ1v) is 7.23. The smallest absolute Gasteiger partial charge is 0.127 e. The van der Waals surface area contributed by atoms with E-state index in [4.69, 9.17) is 21.1 Å². The zero-order chi connectivity index (χ0) is 13.5. The zero-order valence-electron chi connectivity index (χ0n) is 11.5. The lowest BCUT2D eigenvalue weighted by Gasteiger charge is -2.22. The Morgan fingerprint density at radius 2 is 2.16 bits per heavy atom. The van der Waals surface area contributed by atoms with Crippen molar-refractivity contribution < 1.29 is 19.7 Å². The monoisotopic (exact) mass is 286 g/mol. The molecule has 2 rings (SSSR count). The standard InChI is InChI=1S/C14H21ClN2O2/c1-18-14-3-2-13(15)10-12(14)11-16-4-5-17-6-8-19-9-7-17/h2-3,10,16H,4-9,11H2,1H3/p+2. The molecule has 0 radical (unpaired) electrons. The number of nitrogens with two attached hydrogens (primary N) is 1. The van der Waals surface area contributed by atoms with Crippen LogP contribution in [0, 0.1) is 0 Å². The summed E-state index contributed by atoms with van der Waals surface area (Å²) in [6.07, 6.45) is 0. The highest BCUT2D eigenvalue weighted by Gasteiger charge is 2.14. The summed E-state index contributed by atoms with van der Waals surface area (Å²) in [5.74, 6) is 0.916. The van der Waals surface area contributed by atoms with Gasteiger partial charge in [-0.2, -0.15) is 0 Å². The van der Waals surface area contributed by atoms with Crippen molar-refractivity contribution in [3.05, 3.63) is 28.8 Å². The number of methoxy groups -OCH3 is 1. The van der Waals surface area contributed by atoms with Gasteiger partial charge in [0, 0.05) is 10.6 Å². The molecule has 4 nitrogen and oxygen atoms in total. The van der Waals surface area contributed by atoms with Gasteiger partial charge >= 0.3 is 0 Å². The third-order valence-electron chi connectivity index (χ3n) is 3.51. The van der Waals surface area contributed by atoms with E-state index in [0.29, 0.717) is 0 Å². The third-order valence-corrected chi connectivity index (χ3v) is 3.74. The molecule has 0 saturated carbocycles. The predicted molar refractivity (Wildman–Crippen MR) is 74.9 cm³/mol. The van der Waals surface area contributed by atoms with Crippen molar-refractivity contribution in [2.24, 2.45) is 0 Å². The number of morpholine rings is 1. The highest BCUT2D eigenvalue weighted by atomic mass is 35.5. The second-order valence-corrected chi connectivity index (χ2v) is 5.29. The summed E-state index contributed by atoms with van der Waals surface area (Å²) in [6, 6.07) is 5.78. The predicted octanol–water partition coefficient (Wildman–Crippen LogP) is -0.673. The topological polar surface area (TPSA) is 39.5 Å². The summed E-state index contributed by atoms with van der Waals surface area (Å²) in [5.41, 5.74) is 1.16. The molecule has 106 valence electrons. The molecular weight excluding hydrogens is 264 g/mol. The third kappa shape index (κ3) is 4.66. The Labute approximate surface area is 119 Å². The average molecular weight is 287 g/mol. The van der Waals surface area contributed by atoms with Crippen LogP contribution in [-0.4, -0.2) is 46.5 Å². The lowest BCUT2D eigenvalue weighted by Crippen LogP contribution is -3.16. The van der Waals surface area contributed by atoms with Crippen LogP contribution in [0.5, 0.6) is 5.75 Å². The molecule has 1 fully saturated rings. The van der Waals surface area contributed by atoms with Gasteiger partial charge < -0.3 is 19.7 Å². The summed E-state index contributed by atoms with van der Waals surface area (Å²) in [6.45, 7) is 7.28. The molecule has 1 saturated heterocycles. The van der Waals surface area contributed by atoms with Crippen LogP contribution in [0.25, 0.3) is 0 Å². The minimum Gasteiger partial charge on any atom is -0.496 e. The molecule has 3 N–H and O–H groups in total. The molecule has 0 unspecified atom stereocenters. The van der Waals surface area contributed by atoms with Crippen LogP contribution >= 0.6 is 11.6 Å². The summed E-state index contributed by atoms with van der Waals surface area (Å²) < 4.78 is 10.7. The molecule has 0 aromatic heterocycles. The van der Waals surface area contributed by atoms with E-state index in [1.165, 1.54) is 6.54 Å². The molecule has 1 heterocycles. The number of halogens is 1. The van der Waals surface area contributed by atoms with Crippen molar-refractivity contribution >= 4 is 11.6 Å². The number of quaternary nitrogens is 2. The maximum Gasteiger partial charge on any atom is 0.127 e. The largest absolute Gasteiger partial charge is 0.496 e. The Morgan fingerprint density at radius 3 is 2.89 bits per heavy atom. The van der Waals surface area contributed by atoms with E-state index in [-0.39, 0.29) is 0 Å². The second kappa shape index (κ2) is 7.70. The summed E-state index contributed by atoms with van der Waals surface area (Å²) in [4.78, 5) is 1.64. The van der Waals surface area contributed by atoms with Gasteiger partial charge in [-0.1, -0.05) is 11.6 Å². The number of benzene rings is 1. The van der Waals surface area contributed by atoms with Crippen molar-refractivity contribution in [1.82, 2.24) is 0 Å². The molecule has 0 aliphatic carbocycles. The van der Waals surface area contributed by atoms with E-state index < -0.39 is 0 Å². The molecular formula is C14H23ClN2O2+2. The number of ether oxygens (including phenoxy) is 2. The molecule has 5 heteroatoms. The van der Waals surface area contributed by atoms with Crippen LogP contribution in [0.4, 0.5) is 0 Å². The van der Waals surface area contributed by atoms with Crippen molar-refractivity contribution in [3.63, 3.8) is 0 Å². The van der Waals surface area contributed by atoms with Gasteiger partial charge in [-0.05, 0) is 18.2 Å². The Kier molecular flexibility index (Phi) is 5.92. The van der Waals surface area contributed by atoms with Crippen molar-refractivity contribution in [1.29, 1.82) is 0 Å². The van der Waals surface area contributed by atoms with E-state index in [1.807, 2.05) is 18.2 Å². The molecule has 0 bridgehead atoms. The van der Waals surface area contributed by atoms with E-state index in [2.05, 4.69) is 5.32 Å². The highest BCUT2D eigenvalue weighted by molar-refractivity contribution is 6.30. The Morgan fingerprint density at radius 1 is 1.37 bits per heavy atom. The SMILES string of the molecule is COc1ccc(Cl)cc1C[NH2+]CC[NH+]1CCOCC1. The van der Waals surface area contributed by atoms with Gasteiger partial charge in [0.1, 0.15) is 38.5 Å². The van der Waals surface area contributed by atoms with Crippen molar-refractivity contribution in [3.8, 4) is 5.75 Å². The average Bonchev–Trinajstić information content (AvgIpc) is 2.45. The molecule has 0 atom stereocenters. The second-order valence-electron chi connectivity index (χ2n) is 4.85. The lowest BCUT2D eigenvalue weighted by molar-refractivity contribution is -0.920. The first-order valence-electron chi connectivity index (χ1n) is 6.85. The minimum atomic E-state index is 0.767. The van der Waals surface area contributed by atoms with Gasteiger partial charge in [0.25, 0.3) is 0 Å². The molecule has 1 aliphatic heterocycles. The zero-order valence-corrected chi connectivity index (χ0v) is 12.2. The Bertz CT molecular complexity index is 395. The lowest BCUT2D eigenvalue weighted by atomic mass is 10.2. The van der Waals surface area contributed by atoms with E-state index in [0.717, 1.165) is 55.7 Å². The van der Waals surface area contributed by atoms with Crippen LogP contribution in [0.3, 0.4) is 0 Å². The Hall–Kier alpha value is -0.810. The van der Waals surface area contributed by atoms with Crippen LogP contribution in [0.1, 0.15) is 5.56 Å². The molecule has 1 aromatic rings. The molecule has 0 spiro atoms. The quantitative estimate of drug-likeness (QED) is 0.681. The van der Waals surface area contributed by atoms with Gasteiger partial charge in [0.2, 0.25) is 0 Å². The highest BCUT2D eigenvalue weighted by Crippen LogP contribution is 2.21. The van der Waals surface area contributed by atoms with Crippen LogP contribution < -0.4 is 15.0 Å². The first kappa shape index (κ1) is 14.6. The van der Waals surface area contributed by atoms with E-state index in [1.54, 1.807) is 12.0 Å². The van der Waals surface area contributed by atoms with Gasteiger partial charge in [-0.25, -0.2) is 0 Å². The van der Waals surface area contributed by atoms with Gasteiger partial charge in [-0.15, -0.1) is 0 Å². The molecule has 0 amide bonds. The van der Waals surface area contributed by atoms with Gasteiger partial charge in [-0.3, -0.25) is 0 Å². The van der Waals surface area contributed by atoms with Crippen molar-refractivity contribution in [2.45, 2.75) is 6.54 Å². The normalized spacial score (nSPS) is 16.5. The van der Waals surface area contributed by atoms with E-state index >= 15 is 0 Å². The molecule has 1 aliphatic rings. The fraction of sp³-hybridized carbons (Fsp3) is 0.571. The maximum absolute atomic E-state index is 6.02. The fourth-order valence-corrected chi connectivity index (χ4v) is 2.58. The minimum absolute atomic E-state index is 0.767. The molecule has 1 aromatic carbocycles. The number of rotatable bonds is 6.